The minimum atomic E-state index is -0.105. The number of fused-ring (bicyclic) bond motifs is 1. The molecule has 2 heterocycles. The standard InChI is InChI=1S/C16H15N3OS/c1-10-11(2)21-15-14(10)16(20)19(12(3)18-15)17-9-13-7-5-4-6-8-13/h4-9H,1-3H3. The maximum atomic E-state index is 12.6. The first kappa shape index (κ1) is 13.7. The number of aromatic nitrogens is 2. The highest BCUT2D eigenvalue weighted by molar-refractivity contribution is 7.18. The molecule has 0 spiro atoms. The van der Waals surface area contributed by atoms with Crippen LogP contribution >= 0.6 is 11.3 Å². The Morgan fingerprint density at radius 3 is 2.62 bits per heavy atom. The molecular formula is C16H15N3OS. The maximum Gasteiger partial charge on any atom is 0.283 e. The van der Waals surface area contributed by atoms with E-state index < -0.39 is 0 Å². The van der Waals surface area contributed by atoms with Gasteiger partial charge in [0, 0.05) is 4.88 Å². The fraction of sp³-hybridized carbons (Fsp3) is 0.188. The van der Waals surface area contributed by atoms with Gasteiger partial charge in [0.1, 0.15) is 10.7 Å². The normalized spacial score (nSPS) is 11.6. The van der Waals surface area contributed by atoms with Gasteiger partial charge in [0.25, 0.3) is 5.56 Å². The highest BCUT2D eigenvalue weighted by Gasteiger charge is 2.13. The maximum absolute atomic E-state index is 12.6. The van der Waals surface area contributed by atoms with Crippen LogP contribution in [0.3, 0.4) is 0 Å². The van der Waals surface area contributed by atoms with Crippen LogP contribution in [0.1, 0.15) is 21.8 Å². The van der Waals surface area contributed by atoms with Crippen molar-refractivity contribution in [3.8, 4) is 0 Å². The fourth-order valence-corrected chi connectivity index (χ4v) is 3.25. The van der Waals surface area contributed by atoms with Gasteiger partial charge in [-0.15, -0.1) is 11.3 Å². The summed E-state index contributed by atoms with van der Waals surface area (Å²) < 4.78 is 1.37. The third-order valence-corrected chi connectivity index (χ3v) is 4.57. The van der Waals surface area contributed by atoms with Gasteiger partial charge in [-0.05, 0) is 31.9 Å². The molecule has 0 saturated heterocycles. The summed E-state index contributed by atoms with van der Waals surface area (Å²) in [6, 6.07) is 9.70. The van der Waals surface area contributed by atoms with E-state index in [0.29, 0.717) is 11.2 Å². The molecule has 5 heteroatoms. The van der Waals surface area contributed by atoms with E-state index in [1.807, 2.05) is 44.2 Å². The quantitative estimate of drug-likeness (QED) is 0.682. The molecule has 1 aromatic carbocycles. The largest absolute Gasteiger partial charge is 0.283 e. The van der Waals surface area contributed by atoms with Crippen LogP contribution in [0, 0.1) is 20.8 Å². The van der Waals surface area contributed by atoms with Gasteiger partial charge in [0.05, 0.1) is 11.6 Å². The Hall–Kier alpha value is -2.27. The molecule has 0 aliphatic rings. The van der Waals surface area contributed by atoms with E-state index in [9.17, 15) is 4.79 Å². The molecule has 106 valence electrons. The average molecular weight is 297 g/mol. The lowest BCUT2D eigenvalue weighted by Gasteiger charge is -2.03. The van der Waals surface area contributed by atoms with Crippen molar-refractivity contribution >= 4 is 27.8 Å². The lowest BCUT2D eigenvalue weighted by atomic mass is 10.2. The van der Waals surface area contributed by atoms with E-state index in [1.54, 1.807) is 24.5 Å². The predicted molar refractivity (Wildman–Crippen MR) is 87.5 cm³/mol. The van der Waals surface area contributed by atoms with Crippen LogP contribution in [0.4, 0.5) is 0 Å². The second-order valence-electron chi connectivity index (χ2n) is 4.89. The van der Waals surface area contributed by atoms with Gasteiger partial charge in [-0.1, -0.05) is 30.3 Å². The zero-order valence-corrected chi connectivity index (χ0v) is 12.9. The van der Waals surface area contributed by atoms with E-state index in [1.165, 1.54) is 4.68 Å². The van der Waals surface area contributed by atoms with Crippen molar-refractivity contribution in [2.75, 3.05) is 0 Å². The summed E-state index contributed by atoms with van der Waals surface area (Å²) in [7, 11) is 0. The summed E-state index contributed by atoms with van der Waals surface area (Å²) in [4.78, 5) is 19.0. The van der Waals surface area contributed by atoms with E-state index in [-0.39, 0.29) is 5.56 Å². The predicted octanol–water partition coefficient (Wildman–Crippen LogP) is 3.27. The first-order chi connectivity index (χ1) is 10.1. The zero-order valence-electron chi connectivity index (χ0n) is 12.1. The first-order valence-electron chi connectivity index (χ1n) is 6.66. The fourth-order valence-electron chi connectivity index (χ4n) is 2.19. The topological polar surface area (TPSA) is 47.2 Å². The van der Waals surface area contributed by atoms with Crippen LogP contribution in [0.2, 0.25) is 0 Å². The van der Waals surface area contributed by atoms with Crippen LogP contribution in [-0.2, 0) is 0 Å². The molecule has 3 rings (SSSR count). The minimum Gasteiger partial charge on any atom is -0.267 e. The van der Waals surface area contributed by atoms with Crippen molar-refractivity contribution in [2.45, 2.75) is 20.8 Å². The Bertz CT molecular complexity index is 891. The monoisotopic (exact) mass is 297 g/mol. The summed E-state index contributed by atoms with van der Waals surface area (Å²) >= 11 is 1.55. The molecule has 0 bridgehead atoms. The molecule has 3 aromatic rings. The van der Waals surface area contributed by atoms with Gasteiger partial charge in [-0.25, -0.2) is 4.98 Å². The molecule has 0 fully saturated rings. The van der Waals surface area contributed by atoms with Crippen molar-refractivity contribution in [2.24, 2.45) is 5.10 Å². The second kappa shape index (κ2) is 5.26. The number of aryl methyl sites for hydroxylation is 3. The molecule has 2 aromatic heterocycles. The molecule has 0 amide bonds. The average Bonchev–Trinajstić information content (AvgIpc) is 2.74. The molecule has 0 unspecified atom stereocenters. The molecule has 0 atom stereocenters. The van der Waals surface area contributed by atoms with Crippen molar-refractivity contribution in [3.63, 3.8) is 0 Å². The first-order valence-corrected chi connectivity index (χ1v) is 7.48. The summed E-state index contributed by atoms with van der Waals surface area (Å²) in [6.45, 7) is 5.76. The zero-order chi connectivity index (χ0) is 15.0. The van der Waals surface area contributed by atoms with Crippen LogP contribution in [0.15, 0.2) is 40.2 Å². The smallest absolute Gasteiger partial charge is 0.267 e. The molecular weight excluding hydrogens is 282 g/mol. The van der Waals surface area contributed by atoms with Crippen molar-refractivity contribution in [1.82, 2.24) is 9.66 Å². The van der Waals surface area contributed by atoms with Crippen LogP contribution in [-0.4, -0.2) is 15.9 Å². The number of hydrogen-bond donors (Lipinski definition) is 0. The number of benzene rings is 1. The summed E-state index contributed by atoms with van der Waals surface area (Å²) in [5.74, 6) is 0.598. The number of thiophene rings is 1. The van der Waals surface area contributed by atoms with Crippen molar-refractivity contribution < 1.29 is 0 Å². The molecule has 0 saturated carbocycles. The third kappa shape index (κ3) is 2.40. The van der Waals surface area contributed by atoms with Gasteiger partial charge in [-0.2, -0.15) is 9.78 Å². The van der Waals surface area contributed by atoms with E-state index in [4.69, 9.17) is 0 Å². The second-order valence-corrected chi connectivity index (χ2v) is 6.10. The Morgan fingerprint density at radius 2 is 1.90 bits per heavy atom. The Kier molecular flexibility index (Phi) is 3.43. The number of hydrogen-bond acceptors (Lipinski definition) is 4. The molecule has 0 aliphatic heterocycles. The van der Waals surface area contributed by atoms with Crippen LogP contribution < -0.4 is 5.56 Å². The van der Waals surface area contributed by atoms with Gasteiger partial charge in [0.15, 0.2) is 0 Å². The lowest BCUT2D eigenvalue weighted by Crippen LogP contribution is -2.20. The third-order valence-electron chi connectivity index (χ3n) is 3.46. The SMILES string of the molecule is Cc1sc2nc(C)n(N=Cc3ccccc3)c(=O)c2c1C. The summed E-state index contributed by atoms with van der Waals surface area (Å²) in [6.07, 6.45) is 1.68. The van der Waals surface area contributed by atoms with E-state index >= 15 is 0 Å². The molecule has 4 nitrogen and oxygen atoms in total. The van der Waals surface area contributed by atoms with E-state index in [2.05, 4.69) is 10.1 Å². The highest BCUT2D eigenvalue weighted by atomic mass is 32.1. The van der Waals surface area contributed by atoms with Crippen LogP contribution in [0.25, 0.3) is 10.2 Å². The van der Waals surface area contributed by atoms with Crippen molar-refractivity contribution in [1.29, 1.82) is 0 Å². The number of nitrogens with zero attached hydrogens (tertiary/aromatic N) is 3. The summed E-state index contributed by atoms with van der Waals surface area (Å²) in [5, 5.41) is 4.97. The highest BCUT2D eigenvalue weighted by Crippen LogP contribution is 2.26. The lowest BCUT2D eigenvalue weighted by molar-refractivity contribution is 0.772. The van der Waals surface area contributed by atoms with Gasteiger partial charge < -0.3 is 0 Å². The Balaban J connectivity index is 2.17. The van der Waals surface area contributed by atoms with Crippen LogP contribution in [0.5, 0.6) is 0 Å². The van der Waals surface area contributed by atoms with Crippen molar-refractivity contribution in [3.05, 3.63) is 62.5 Å². The van der Waals surface area contributed by atoms with Gasteiger partial charge in [-0.3, -0.25) is 4.79 Å². The Labute approximate surface area is 126 Å². The molecule has 0 N–H and O–H groups in total. The minimum absolute atomic E-state index is 0.105. The van der Waals surface area contributed by atoms with Gasteiger partial charge in [0.2, 0.25) is 0 Å². The Morgan fingerprint density at radius 1 is 1.19 bits per heavy atom. The van der Waals surface area contributed by atoms with E-state index in [0.717, 1.165) is 20.8 Å². The molecule has 21 heavy (non-hydrogen) atoms. The molecule has 0 radical (unpaired) electrons. The number of rotatable bonds is 2. The molecule has 0 aliphatic carbocycles. The van der Waals surface area contributed by atoms with Gasteiger partial charge >= 0.3 is 0 Å². The summed E-state index contributed by atoms with van der Waals surface area (Å²) in [5.41, 5.74) is 1.84.